The van der Waals surface area contributed by atoms with Crippen LogP contribution in [-0.2, 0) is 9.59 Å². The van der Waals surface area contributed by atoms with E-state index < -0.39 is 0 Å². The Hall–Kier alpha value is -2.24. The molecule has 24 heavy (non-hydrogen) atoms. The third-order valence-corrected chi connectivity index (χ3v) is 5.40. The number of hydrogen-bond donors (Lipinski definition) is 0. The Morgan fingerprint density at radius 1 is 1.29 bits per heavy atom. The van der Waals surface area contributed by atoms with Crippen molar-refractivity contribution in [3.05, 3.63) is 18.2 Å². The summed E-state index contributed by atoms with van der Waals surface area (Å²) < 4.78 is 10.7. The highest BCUT2D eigenvalue weighted by atomic mass is 16.7. The van der Waals surface area contributed by atoms with E-state index in [1.807, 2.05) is 24.1 Å². The van der Waals surface area contributed by atoms with E-state index >= 15 is 0 Å². The predicted octanol–water partition coefficient (Wildman–Crippen LogP) is 2.03. The summed E-state index contributed by atoms with van der Waals surface area (Å²) in [5.41, 5.74) is 0.762. The van der Waals surface area contributed by atoms with E-state index in [9.17, 15) is 9.59 Å². The molecule has 6 nitrogen and oxygen atoms in total. The molecule has 0 spiro atoms. The highest BCUT2D eigenvalue weighted by Crippen LogP contribution is 2.38. The first kappa shape index (κ1) is 15.3. The van der Waals surface area contributed by atoms with Crippen LogP contribution in [0.4, 0.5) is 5.69 Å². The largest absolute Gasteiger partial charge is 0.454 e. The number of hydrogen-bond acceptors (Lipinski definition) is 4. The van der Waals surface area contributed by atoms with Gasteiger partial charge in [-0.1, -0.05) is 0 Å². The number of nitrogens with zero attached hydrogens (tertiary/aromatic N) is 2. The molecule has 2 amide bonds. The molecular formula is C18H22N2O4. The summed E-state index contributed by atoms with van der Waals surface area (Å²) >= 11 is 0. The number of rotatable bonds is 4. The first-order chi connectivity index (χ1) is 11.5. The molecule has 1 aromatic rings. The second-order valence-electron chi connectivity index (χ2n) is 6.97. The standard InChI is InChI=1S/C18H22N2O4/c1-11(12-3-4-12)19(2)18(22)13-7-17(21)20(9-13)14-5-6-15-16(8-14)24-10-23-15/h5-6,8,11-13H,3-4,7,9-10H2,1-2H3/t11-,13-/m1/s1. The molecule has 1 saturated heterocycles. The Morgan fingerprint density at radius 3 is 2.79 bits per heavy atom. The lowest BCUT2D eigenvalue weighted by molar-refractivity contribution is -0.136. The summed E-state index contributed by atoms with van der Waals surface area (Å²) in [7, 11) is 1.86. The Labute approximate surface area is 141 Å². The van der Waals surface area contributed by atoms with Crippen molar-refractivity contribution >= 4 is 17.5 Å². The summed E-state index contributed by atoms with van der Waals surface area (Å²) in [6.45, 7) is 2.73. The molecule has 2 atom stereocenters. The number of anilines is 1. The maximum absolute atomic E-state index is 12.7. The highest BCUT2D eigenvalue weighted by molar-refractivity contribution is 6.00. The molecule has 0 bridgehead atoms. The van der Waals surface area contributed by atoms with E-state index in [-0.39, 0.29) is 37.0 Å². The third kappa shape index (κ3) is 2.60. The zero-order valence-corrected chi connectivity index (χ0v) is 14.0. The van der Waals surface area contributed by atoms with Gasteiger partial charge in [0.2, 0.25) is 18.6 Å². The topological polar surface area (TPSA) is 59.1 Å². The zero-order valence-electron chi connectivity index (χ0n) is 14.0. The van der Waals surface area contributed by atoms with E-state index in [4.69, 9.17) is 9.47 Å². The Bertz CT molecular complexity index is 686. The van der Waals surface area contributed by atoms with Crippen molar-refractivity contribution in [2.24, 2.45) is 11.8 Å². The molecule has 2 aliphatic heterocycles. The van der Waals surface area contributed by atoms with Crippen molar-refractivity contribution in [2.75, 3.05) is 25.3 Å². The Morgan fingerprint density at radius 2 is 2.04 bits per heavy atom. The van der Waals surface area contributed by atoms with Crippen LogP contribution in [0.25, 0.3) is 0 Å². The monoisotopic (exact) mass is 330 g/mol. The molecule has 0 aromatic heterocycles. The van der Waals surface area contributed by atoms with Gasteiger partial charge in [0.15, 0.2) is 11.5 Å². The molecule has 1 saturated carbocycles. The molecule has 0 unspecified atom stereocenters. The van der Waals surface area contributed by atoms with Gasteiger partial charge >= 0.3 is 0 Å². The van der Waals surface area contributed by atoms with E-state index in [2.05, 4.69) is 6.92 Å². The van der Waals surface area contributed by atoms with Gasteiger partial charge in [0.1, 0.15) is 0 Å². The van der Waals surface area contributed by atoms with Gasteiger partial charge in [0, 0.05) is 37.8 Å². The third-order valence-electron chi connectivity index (χ3n) is 5.40. The first-order valence-corrected chi connectivity index (χ1v) is 8.51. The molecule has 3 aliphatic rings. The van der Waals surface area contributed by atoms with E-state index in [1.165, 1.54) is 12.8 Å². The normalized spacial score (nSPS) is 23.5. The number of ether oxygens (including phenoxy) is 2. The zero-order chi connectivity index (χ0) is 16.8. The molecule has 0 radical (unpaired) electrons. The fourth-order valence-electron chi connectivity index (χ4n) is 3.56. The van der Waals surface area contributed by atoms with Gasteiger partial charge in [-0.25, -0.2) is 0 Å². The molecule has 0 N–H and O–H groups in total. The van der Waals surface area contributed by atoms with Crippen LogP contribution in [-0.4, -0.2) is 43.1 Å². The van der Waals surface area contributed by atoms with Crippen molar-refractivity contribution in [1.29, 1.82) is 0 Å². The molecule has 4 rings (SSSR count). The average molecular weight is 330 g/mol. The van der Waals surface area contributed by atoms with Gasteiger partial charge in [0.25, 0.3) is 0 Å². The minimum Gasteiger partial charge on any atom is -0.454 e. The summed E-state index contributed by atoms with van der Waals surface area (Å²) in [6.07, 6.45) is 2.67. The van der Waals surface area contributed by atoms with Crippen LogP contribution in [0.1, 0.15) is 26.2 Å². The van der Waals surface area contributed by atoms with Crippen molar-refractivity contribution in [1.82, 2.24) is 4.90 Å². The summed E-state index contributed by atoms with van der Waals surface area (Å²) in [5, 5.41) is 0. The van der Waals surface area contributed by atoms with Crippen molar-refractivity contribution in [3.8, 4) is 11.5 Å². The number of carbonyl (C=O) groups excluding carboxylic acids is 2. The molecule has 6 heteroatoms. The molecule has 1 aliphatic carbocycles. The number of carbonyl (C=O) groups is 2. The fraction of sp³-hybridized carbons (Fsp3) is 0.556. The van der Waals surface area contributed by atoms with Crippen LogP contribution < -0.4 is 14.4 Å². The second kappa shape index (κ2) is 5.69. The van der Waals surface area contributed by atoms with Crippen LogP contribution in [0.2, 0.25) is 0 Å². The average Bonchev–Trinajstić information content (AvgIpc) is 3.20. The highest BCUT2D eigenvalue weighted by Gasteiger charge is 2.40. The van der Waals surface area contributed by atoms with Crippen LogP contribution in [0.3, 0.4) is 0 Å². The summed E-state index contributed by atoms with van der Waals surface area (Å²) in [6, 6.07) is 5.71. The van der Waals surface area contributed by atoms with Crippen molar-refractivity contribution in [3.63, 3.8) is 0 Å². The quantitative estimate of drug-likeness (QED) is 0.847. The van der Waals surface area contributed by atoms with Gasteiger partial charge < -0.3 is 19.3 Å². The van der Waals surface area contributed by atoms with E-state index in [0.29, 0.717) is 24.0 Å². The summed E-state index contributed by atoms with van der Waals surface area (Å²) in [5.74, 6) is 1.76. The van der Waals surface area contributed by atoms with Crippen molar-refractivity contribution < 1.29 is 19.1 Å². The Balaban J connectivity index is 1.47. The molecule has 1 aromatic carbocycles. The summed E-state index contributed by atoms with van der Waals surface area (Å²) in [4.78, 5) is 28.7. The number of benzene rings is 1. The van der Waals surface area contributed by atoms with E-state index in [1.54, 1.807) is 11.0 Å². The fourth-order valence-corrected chi connectivity index (χ4v) is 3.56. The lowest BCUT2D eigenvalue weighted by Gasteiger charge is -2.27. The van der Waals surface area contributed by atoms with Gasteiger partial charge in [-0.2, -0.15) is 0 Å². The molecule has 2 fully saturated rings. The second-order valence-corrected chi connectivity index (χ2v) is 6.97. The predicted molar refractivity (Wildman–Crippen MR) is 88.0 cm³/mol. The lowest BCUT2D eigenvalue weighted by atomic mass is 10.1. The molecular weight excluding hydrogens is 308 g/mol. The SMILES string of the molecule is C[C@H](C1CC1)N(C)C(=O)[C@@H]1CC(=O)N(c2ccc3c(c2)OCO3)C1. The van der Waals surface area contributed by atoms with Crippen LogP contribution in [0, 0.1) is 11.8 Å². The van der Waals surface area contributed by atoms with E-state index in [0.717, 1.165) is 5.69 Å². The van der Waals surface area contributed by atoms with Crippen LogP contribution in [0.5, 0.6) is 11.5 Å². The van der Waals surface area contributed by atoms with Crippen LogP contribution >= 0.6 is 0 Å². The number of fused-ring (bicyclic) bond motifs is 1. The van der Waals surface area contributed by atoms with Gasteiger partial charge in [-0.3, -0.25) is 9.59 Å². The maximum Gasteiger partial charge on any atom is 0.231 e. The smallest absolute Gasteiger partial charge is 0.231 e. The molecule has 2 heterocycles. The first-order valence-electron chi connectivity index (χ1n) is 8.51. The molecule has 128 valence electrons. The van der Waals surface area contributed by atoms with Gasteiger partial charge in [-0.15, -0.1) is 0 Å². The minimum atomic E-state index is -0.269. The maximum atomic E-state index is 12.7. The Kier molecular flexibility index (Phi) is 3.62. The van der Waals surface area contributed by atoms with Crippen molar-refractivity contribution in [2.45, 2.75) is 32.2 Å². The van der Waals surface area contributed by atoms with Gasteiger partial charge in [-0.05, 0) is 37.8 Å². The number of amides is 2. The lowest BCUT2D eigenvalue weighted by Crippen LogP contribution is -2.41. The minimum absolute atomic E-state index is 0.0142. The van der Waals surface area contributed by atoms with Gasteiger partial charge in [0.05, 0.1) is 5.92 Å². The van der Waals surface area contributed by atoms with Crippen LogP contribution in [0.15, 0.2) is 18.2 Å².